The van der Waals surface area contributed by atoms with Crippen molar-refractivity contribution in [3.05, 3.63) is 24.3 Å². The van der Waals surface area contributed by atoms with Gasteiger partial charge < -0.3 is 15.1 Å². The van der Waals surface area contributed by atoms with Crippen molar-refractivity contribution < 1.29 is 13.2 Å². The summed E-state index contributed by atoms with van der Waals surface area (Å²) in [6, 6.07) is 6.14. The zero-order valence-corrected chi connectivity index (χ0v) is 15.5. The summed E-state index contributed by atoms with van der Waals surface area (Å²) < 4.78 is 22.9. The van der Waals surface area contributed by atoms with Crippen molar-refractivity contribution in [2.45, 2.75) is 24.7 Å². The Balaban J connectivity index is 1.87. The van der Waals surface area contributed by atoms with E-state index in [4.69, 9.17) is 0 Å². The predicted molar refractivity (Wildman–Crippen MR) is 96.0 cm³/mol. The van der Waals surface area contributed by atoms with Gasteiger partial charge in [0.15, 0.2) is 9.84 Å². The quantitative estimate of drug-likeness (QED) is 0.852. The van der Waals surface area contributed by atoms with Crippen LogP contribution in [0.2, 0.25) is 0 Å². The molecule has 0 saturated carbocycles. The van der Waals surface area contributed by atoms with Crippen LogP contribution in [0.3, 0.4) is 0 Å². The number of nitrogens with zero attached hydrogens (tertiary/aromatic N) is 2. The first-order chi connectivity index (χ1) is 11.3. The number of amides is 2. The van der Waals surface area contributed by atoms with Gasteiger partial charge in [-0.25, -0.2) is 13.2 Å². The van der Waals surface area contributed by atoms with Crippen LogP contribution in [0.4, 0.5) is 10.5 Å². The number of sulfone groups is 1. The molecule has 0 radical (unpaired) electrons. The Morgan fingerprint density at radius 1 is 1.33 bits per heavy atom. The summed E-state index contributed by atoms with van der Waals surface area (Å²) in [6.07, 6.45) is 3.33. The molecule has 2 amide bonds. The molecule has 1 atom stereocenters. The Kier molecular flexibility index (Phi) is 6.23. The number of carbonyl (C=O) groups is 1. The number of rotatable bonds is 6. The molecule has 1 aromatic rings. The summed E-state index contributed by atoms with van der Waals surface area (Å²) in [5.74, 6) is 0.514. The lowest BCUT2D eigenvalue weighted by molar-refractivity contribution is 0.217. The lowest BCUT2D eigenvalue weighted by Crippen LogP contribution is -2.34. The second-order valence-corrected chi connectivity index (χ2v) is 8.61. The second-order valence-electron chi connectivity index (χ2n) is 6.59. The SMILES string of the molecule is CCCN(C)CC1CCN(C(=O)Nc2ccc(S(C)(=O)=O)cc2)C1. The summed E-state index contributed by atoms with van der Waals surface area (Å²) in [7, 11) is -1.09. The maximum absolute atomic E-state index is 12.3. The van der Waals surface area contributed by atoms with Gasteiger partial charge in [-0.2, -0.15) is 0 Å². The van der Waals surface area contributed by atoms with E-state index < -0.39 is 9.84 Å². The molecule has 1 aromatic carbocycles. The highest BCUT2D eigenvalue weighted by atomic mass is 32.2. The van der Waals surface area contributed by atoms with Gasteiger partial charge in [0.05, 0.1) is 4.90 Å². The minimum Gasteiger partial charge on any atom is -0.324 e. The molecule has 6 nitrogen and oxygen atoms in total. The summed E-state index contributed by atoms with van der Waals surface area (Å²) >= 11 is 0. The molecule has 1 saturated heterocycles. The molecular weight excluding hydrogens is 326 g/mol. The monoisotopic (exact) mass is 353 g/mol. The molecule has 0 bridgehead atoms. The first-order valence-corrected chi connectivity index (χ1v) is 10.2. The zero-order chi connectivity index (χ0) is 17.7. The number of carbonyl (C=O) groups excluding carboxylic acids is 1. The van der Waals surface area contributed by atoms with Crippen LogP contribution in [0.15, 0.2) is 29.2 Å². The van der Waals surface area contributed by atoms with E-state index in [2.05, 4.69) is 24.2 Å². The molecule has 1 fully saturated rings. The van der Waals surface area contributed by atoms with Crippen molar-refractivity contribution in [1.82, 2.24) is 9.80 Å². The van der Waals surface area contributed by atoms with Crippen molar-refractivity contribution >= 4 is 21.6 Å². The van der Waals surface area contributed by atoms with Gasteiger partial charge >= 0.3 is 6.03 Å². The number of benzene rings is 1. The van der Waals surface area contributed by atoms with Gasteiger partial charge in [-0.15, -0.1) is 0 Å². The van der Waals surface area contributed by atoms with Gasteiger partial charge in [0.25, 0.3) is 0 Å². The molecule has 1 aliphatic rings. The van der Waals surface area contributed by atoms with Gasteiger partial charge in [-0.1, -0.05) is 6.92 Å². The average molecular weight is 353 g/mol. The van der Waals surface area contributed by atoms with E-state index in [0.29, 0.717) is 11.6 Å². The number of hydrogen-bond acceptors (Lipinski definition) is 4. The third kappa shape index (κ3) is 5.21. The summed E-state index contributed by atoms with van der Waals surface area (Å²) in [5.41, 5.74) is 0.610. The Hall–Kier alpha value is -1.60. The number of likely N-dealkylation sites (tertiary alicyclic amines) is 1. The molecule has 0 spiro atoms. The van der Waals surface area contributed by atoms with Gasteiger partial charge in [0.2, 0.25) is 0 Å². The lowest BCUT2D eigenvalue weighted by Gasteiger charge is -2.21. The van der Waals surface area contributed by atoms with E-state index >= 15 is 0 Å². The van der Waals surface area contributed by atoms with Crippen LogP contribution in [-0.2, 0) is 9.84 Å². The third-order valence-electron chi connectivity index (χ3n) is 4.28. The average Bonchev–Trinajstić information content (AvgIpc) is 2.95. The van der Waals surface area contributed by atoms with Crippen LogP contribution in [0.1, 0.15) is 19.8 Å². The number of urea groups is 1. The second kappa shape index (κ2) is 7.98. The molecule has 1 heterocycles. The summed E-state index contributed by atoms with van der Waals surface area (Å²) in [5, 5.41) is 2.84. The number of anilines is 1. The number of nitrogens with one attached hydrogen (secondary N) is 1. The van der Waals surface area contributed by atoms with Crippen LogP contribution >= 0.6 is 0 Å². The standard InChI is InChI=1S/C17H27N3O3S/c1-4-10-19(2)12-14-9-11-20(13-14)17(21)18-15-5-7-16(8-6-15)24(3,22)23/h5-8,14H,4,9-13H2,1-3H3,(H,18,21). The van der Waals surface area contributed by atoms with E-state index in [1.807, 2.05) is 4.90 Å². The van der Waals surface area contributed by atoms with Gasteiger partial charge in [0.1, 0.15) is 0 Å². The van der Waals surface area contributed by atoms with Gasteiger partial charge in [0, 0.05) is 31.6 Å². The van der Waals surface area contributed by atoms with Gasteiger partial charge in [-0.05, 0) is 56.6 Å². The number of hydrogen-bond donors (Lipinski definition) is 1. The molecule has 1 N–H and O–H groups in total. The first kappa shape index (κ1) is 18.7. The van der Waals surface area contributed by atoms with E-state index in [1.54, 1.807) is 12.1 Å². The maximum atomic E-state index is 12.3. The fraction of sp³-hybridized carbons (Fsp3) is 0.588. The van der Waals surface area contributed by atoms with Crippen molar-refractivity contribution in [2.24, 2.45) is 5.92 Å². The van der Waals surface area contributed by atoms with Crippen LogP contribution in [-0.4, -0.2) is 63.7 Å². The van der Waals surface area contributed by atoms with Gasteiger partial charge in [-0.3, -0.25) is 0 Å². The van der Waals surface area contributed by atoms with E-state index in [-0.39, 0.29) is 10.9 Å². The highest BCUT2D eigenvalue weighted by molar-refractivity contribution is 7.90. The fourth-order valence-electron chi connectivity index (χ4n) is 3.07. The van der Waals surface area contributed by atoms with Crippen molar-refractivity contribution in [1.29, 1.82) is 0 Å². The highest BCUT2D eigenvalue weighted by Gasteiger charge is 2.26. The fourth-order valence-corrected chi connectivity index (χ4v) is 3.70. The highest BCUT2D eigenvalue weighted by Crippen LogP contribution is 2.19. The smallest absolute Gasteiger partial charge is 0.321 e. The Bertz CT molecular complexity index is 658. The lowest BCUT2D eigenvalue weighted by atomic mass is 10.1. The maximum Gasteiger partial charge on any atom is 0.321 e. The Labute approximate surface area is 144 Å². The van der Waals surface area contributed by atoms with E-state index in [9.17, 15) is 13.2 Å². The molecule has 1 unspecified atom stereocenters. The predicted octanol–water partition coefficient (Wildman–Crippen LogP) is 2.29. The topological polar surface area (TPSA) is 69.7 Å². The molecule has 0 aliphatic carbocycles. The molecular formula is C17H27N3O3S. The Morgan fingerprint density at radius 2 is 2.00 bits per heavy atom. The van der Waals surface area contributed by atoms with Crippen molar-refractivity contribution in [2.75, 3.05) is 44.8 Å². The zero-order valence-electron chi connectivity index (χ0n) is 14.7. The van der Waals surface area contributed by atoms with Crippen molar-refractivity contribution in [3.63, 3.8) is 0 Å². The molecule has 1 aliphatic heterocycles. The largest absolute Gasteiger partial charge is 0.324 e. The Morgan fingerprint density at radius 3 is 2.58 bits per heavy atom. The molecule has 7 heteroatoms. The van der Waals surface area contributed by atoms with E-state index in [0.717, 1.165) is 39.0 Å². The molecule has 0 aromatic heterocycles. The minimum atomic E-state index is -3.22. The molecule has 24 heavy (non-hydrogen) atoms. The van der Waals surface area contributed by atoms with E-state index in [1.165, 1.54) is 18.4 Å². The van der Waals surface area contributed by atoms with Crippen molar-refractivity contribution in [3.8, 4) is 0 Å². The van der Waals surface area contributed by atoms with Crippen LogP contribution in [0, 0.1) is 5.92 Å². The molecule has 134 valence electrons. The van der Waals surface area contributed by atoms with Crippen LogP contribution in [0.25, 0.3) is 0 Å². The first-order valence-electron chi connectivity index (χ1n) is 8.34. The molecule has 2 rings (SSSR count). The summed E-state index contributed by atoms with van der Waals surface area (Å²) in [6.45, 7) is 5.79. The van der Waals surface area contributed by atoms with Crippen LogP contribution < -0.4 is 5.32 Å². The minimum absolute atomic E-state index is 0.122. The normalized spacial score (nSPS) is 18.2. The summed E-state index contributed by atoms with van der Waals surface area (Å²) in [4.78, 5) is 16.7. The van der Waals surface area contributed by atoms with Crippen LogP contribution in [0.5, 0.6) is 0 Å². The third-order valence-corrected chi connectivity index (χ3v) is 5.41.